The van der Waals surface area contributed by atoms with Gasteiger partial charge in [-0.15, -0.1) is 11.3 Å². The molecule has 1 aromatic rings. The number of nitrogens with one attached hydrogen (secondary N) is 1. The van der Waals surface area contributed by atoms with E-state index >= 15 is 0 Å². The minimum absolute atomic E-state index is 0.0961. The van der Waals surface area contributed by atoms with Crippen LogP contribution in [0.25, 0.3) is 0 Å². The van der Waals surface area contributed by atoms with Gasteiger partial charge in [0.2, 0.25) is 10.0 Å². The molecule has 114 valence electrons. The van der Waals surface area contributed by atoms with Gasteiger partial charge in [-0.1, -0.05) is 26.2 Å². The van der Waals surface area contributed by atoms with E-state index < -0.39 is 10.0 Å². The third-order valence-electron chi connectivity index (χ3n) is 3.97. The Morgan fingerprint density at radius 2 is 2.20 bits per heavy atom. The number of rotatable bonds is 6. The van der Waals surface area contributed by atoms with Crippen molar-refractivity contribution >= 4 is 21.4 Å². The predicted molar refractivity (Wildman–Crippen MR) is 83.4 cm³/mol. The average molecular weight is 316 g/mol. The molecule has 4 nitrogen and oxygen atoms in total. The summed E-state index contributed by atoms with van der Waals surface area (Å²) in [5.41, 5.74) is 5.50. The van der Waals surface area contributed by atoms with Crippen molar-refractivity contribution in [2.75, 3.05) is 6.54 Å². The smallest absolute Gasteiger partial charge is 0.250 e. The number of thiophene rings is 1. The van der Waals surface area contributed by atoms with Gasteiger partial charge in [0.1, 0.15) is 4.21 Å². The van der Waals surface area contributed by atoms with Gasteiger partial charge in [0.25, 0.3) is 0 Å². The van der Waals surface area contributed by atoms with Crippen molar-refractivity contribution in [3.63, 3.8) is 0 Å². The first-order valence-corrected chi connectivity index (χ1v) is 9.66. The second-order valence-corrected chi connectivity index (χ2v) is 8.63. The van der Waals surface area contributed by atoms with Crippen LogP contribution in [0.4, 0.5) is 0 Å². The maximum absolute atomic E-state index is 12.4. The highest BCUT2D eigenvalue weighted by Gasteiger charge is 2.26. The normalized spacial score (nSPS) is 23.9. The summed E-state index contributed by atoms with van der Waals surface area (Å²) in [6, 6.07) is 3.65. The molecule has 6 heteroatoms. The highest BCUT2D eigenvalue weighted by molar-refractivity contribution is 7.91. The molecule has 1 heterocycles. The molecule has 0 aliphatic heterocycles. The zero-order valence-electron chi connectivity index (χ0n) is 12.0. The van der Waals surface area contributed by atoms with Crippen molar-refractivity contribution in [1.82, 2.24) is 4.72 Å². The molecule has 0 spiro atoms. The zero-order valence-corrected chi connectivity index (χ0v) is 13.6. The van der Waals surface area contributed by atoms with Crippen LogP contribution >= 0.6 is 11.3 Å². The summed E-state index contributed by atoms with van der Waals surface area (Å²) in [7, 11) is -3.36. The Bertz CT molecular complexity index is 525. The van der Waals surface area contributed by atoms with Crippen LogP contribution in [-0.2, 0) is 16.4 Å². The topological polar surface area (TPSA) is 72.2 Å². The lowest BCUT2D eigenvalue weighted by Crippen LogP contribution is -2.38. The largest absolute Gasteiger partial charge is 0.330 e. The quantitative estimate of drug-likeness (QED) is 0.847. The predicted octanol–water partition coefficient (Wildman–Crippen LogP) is 2.50. The van der Waals surface area contributed by atoms with E-state index in [4.69, 9.17) is 5.73 Å². The van der Waals surface area contributed by atoms with Gasteiger partial charge in [-0.3, -0.25) is 0 Å². The molecule has 0 radical (unpaired) electrons. The molecule has 0 amide bonds. The van der Waals surface area contributed by atoms with Crippen LogP contribution in [0.2, 0.25) is 0 Å². The second kappa shape index (κ2) is 7.02. The highest BCUT2D eigenvalue weighted by Crippen LogP contribution is 2.28. The van der Waals surface area contributed by atoms with E-state index in [1.807, 2.05) is 6.07 Å². The molecule has 0 aromatic carbocycles. The van der Waals surface area contributed by atoms with Gasteiger partial charge in [-0.2, -0.15) is 0 Å². The molecule has 2 rings (SSSR count). The maximum Gasteiger partial charge on any atom is 0.250 e. The molecular weight excluding hydrogens is 292 g/mol. The summed E-state index contributed by atoms with van der Waals surface area (Å²) in [4.78, 5) is 1.03. The van der Waals surface area contributed by atoms with E-state index in [-0.39, 0.29) is 6.04 Å². The van der Waals surface area contributed by atoms with E-state index in [2.05, 4.69) is 11.6 Å². The fraction of sp³-hybridized carbons (Fsp3) is 0.714. The molecule has 3 N–H and O–H groups in total. The zero-order chi connectivity index (χ0) is 14.6. The average Bonchev–Trinajstić information content (AvgIpc) is 2.88. The highest BCUT2D eigenvalue weighted by atomic mass is 32.2. The third kappa shape index (κ3) is 4.04. The molecule has 1 aliphatic rings. The lowest BCUT2D eigenvalue weighted by atomic mass is 9.85. The van der Waals surface area contributed by atoms with Gasteiger partial charge in [-0.25, -0.2) is 13.1 Å². The molecular formula is C14H24N2O2S2. The van der Waals surface area contributed by atoms with Crippen LogP contribution in [0.1, 0.15) is 43.9 Å². The Hall–Kier alpha value is -0.430. The molecule has 20 heavy (non-hydrogen) atoms. The molecule has 1 fully saturated rings. The van der Waals surface area contributed by atoms with Crippen LogP contribution in [-0.4, -0.2) is 21.0 Å². The van der Waals surface area contributed by atoms with Crippen LogP contribution < -0.4 is 10.5 Å². The van der Waals surface area contributed by atoms with Crippen LogP contribution in [0.5, 0.6) is 0 Å². The number of nitrogens with two attached hydrogens (primary N) is 1. The third-order valence-corrected chi connectivity index (χ3v) is 7.13. The van der Waals surface area contributed by atoms with E-state index in [0.29, 0.717) is 16.7 Å². The Morgan fingerprint density at radius 3 is 2.90 bits per heavy atom. The first kappa shape index (κ1) is 15.9. The summed E-state index contributed by atoms with van der Waals surface area (Å²) in [5.74, 6) is 0.660. The summed E-state index contributed by atoms with van der Waals surface area (Å²) < 4.78 is 28.1. The lowest BCUT2D eigenvalue weighted by molar-refractivity contribution is 0.301. The molecule has 2 unspecified atom stereocenters. The monoisotopic (exact) mass is 316 g/mol. The van der Waals surface area contributed by atoms with Crippen molar-refractivity contribution in [3.05, 3.63) is 17.0 Å². The Kier molecular flexibility index (Phi) is 5.60. The molecule has 0 saturated heterocycles. The summed E-state index contributed by atoms with van der Waals surface area (Å²) >= 11 is 1.33. The van der Waals surface area contributed by atoms with Gasteiger partial charge in [0, 0.05) is 10.9 Å². The number of sulfonamides is 1. The van der Waals surface area contributed by atoms with Crippen LogP contribution in [0.15, 0.2) is 16.3 Å². The van der Waals surface area contributed by atoms with Crippen LogP contribution in [0, 0.1) is 5.92 Å². The van der Waals surface area contributed by atoms with Gasteiger partial charge in [-0.05, 0) is 43.9 Å². The first-order chi connectivity index (χ1) is 9.55. The fourth-order valence-electron chi connectivity index (χ4n) is 2.83. The number of hydrogen-bond acceptors (Lipinski definition) is 4. The van der Waals surface area contributed by atoms with Gasteiger partial charge >= 0.3 is 0 Å². The standard InChI is InChI=1S/C14H24N2O2S2/c1-2-11-4-3-5-12(10-11)16-20(17,18)14-7-6-13(19-14)8-9-15/h6-7,11-12,16H,2-5,8-10,15H2,1H3. The molecule has 1 aliphatic carbocycles. The van der Waals surface area contributed by atoms with E-state index in [1.165, 1.54) is 17.8 Å². The molecule has 1 saturated carbocycles. The molecule has 0 bridgehead atoms. The fourth-order valence-corrected chi connectivity index (χ4v) is 5.50. The SMILES string of the molecule is CCC1CCCC(NS(=O)(=O)c2ccc(CCN)s2)C1. The summed E-state index contributed by atoms with van der Waals surface area (Å²) in [6.07, 6.45) is 6.15. The van der Waals surface area contributed by atoms with E-state index in [1.54, 1.807) is 6.07 Å². The molecule has 2 atom stereocenters. The Morgan fingerprint density at radius 1 is 1.40 bits per heavy atom. The van der Waals surface area contributed by atoms with E-state index in [0.717, 1.165) is 37.0 Å². The Labute approximate surface area is 125 Å². The minimum Gasteiger partial charge on any atom is -0.330 e. The van der Waals surface area contributed by atoms with Crippen molar-refractivity contribution in [1.29, 1.82) is 0 Å². The van der Waals surface area contributed by atoms with Gasteiger partial charge in [0.05, 0.1) is 0 Å². The van der Waals surface area contributed by atoms with Gasteiger partial charge in [0.15, 0.2) is 0 Å². The second-order valence-electron chi connectivity index (χ2n) is 5.52. The number of hydrogen-bond donors (Lipinski definition) is 2. The van der Waals surface area contributed by atoms with E-state index in [9.17, 15) is 8.42 Å². The summed E-state index contributed by atoms with van der Waals surface area (Å²) in [5, 5.41) is 0. The van der Waals surface area contributed by atoms with Crippen LogP contribution in [0.3, 0.4) is 0 Å². The lowest BCUT2D eigenvalue weighted by Gasteiger charge is -2.28. The van der Waals surface area contributed by atoms with Gasteiger partial charge < -0.3 is 5.73 Å². The van der Waals surface area contributed by atoms with Crippen molar-refractivity contribution in [3.8, 4) is 0 Å². The Balaban J connectivity index is 2.02. The van der Waals surface area contributed by atoms with Crippen molar-refractivity contribution in [2.45, 2.75) is 55.7 Å². The first-order valence-electron chi connectivity index (χ1n) is 7.36. The van der Waals surface area contributed by atoms with Crippen molar-refractivity contribution < 1.29 is 8.42 Å². The molecule has 1 aromatic heterocycles. The minimum atomic E-state index is -3.36. The summed E-state index contributed by atoms with van der Waals surface area (Å²) in [6.45, 7) is 2.73. The maximum atomic E-state index is 12.4. The van der Waals surface area contributed by atoms with Crippen molar-refractivity contribution in [2.24, 2.45) is 11.7 Å².